The molecule has 0 aromatic rings. The van der Waals surface area contributed by atoms with Crippen LogP contribution in [-0.4, -0.2) is 20.1 Å². The number of hydrogen-bond acceptors (Lipinski definition) is 1. The van der Waals surface area contributed by atoms with E-state index >= 15 is 0 Å². The Morgan fingerprint density at radius 1 is 1.67 bits per heavy atom. The summed E-state index contributed by atoms with van der Waals surface area (Å²) in [5.74, 6) is 0. The van der Waals surface area contributed by atoms with Gasteiger partial charge in [-0.2, -0.15) is 0 Å². The maximum atomic E-state index is 2.23. The van der Waals surface area contributed by atoms with E-state index in [4.69, 9.17) is 0 Å². The van der Waals surface area contributed by atoms with Crippen molar-refractivity contribution in [3.63, 3.8) is 0 Å². The van der Waals surface area contributed by atoms with Crippen molar-refractivity contribution in [1.82, 2.24) is 0 Å². The van der Waals surface area contributed by atoms with Crippen molar-refractivity contribution in [2.75, 3.05) is 6.26 Å². The topological polar surface area (TPSA) is 0 Å². The van der Waals surface area contributed by atoms with E-state index in [1.165, 1.54) is 11.7 Å². The molecule has 0 atom stereocenters. The normalized spacial score (nSPS) is 9.00. The Balaban J connectivity index is 2.34. The summed E-state index contributed by atoms with van der Waals surface area (Å²) in [5, 5.41) is 1.44. The van der Waals surface area contributed by atoms with E-state index in [1.54, 1.807) is 0 Å². The van der Waals surface area contributed by atoms with Crippen LogP contribution in [-0.2, 0) is 0 Å². The van der Waals surface area contributed by atoms with E-state index in [0.717, 1.165) is 13.8 Å². The molecule has 0 bridgehead atoms. The molecule has 0 amide bonds. The molecule has 0 spiro atoms. The molecule has 0 radical (unpaired) electrons. The molecule has 0 aromatic heterocycles. The van der Waals surface area contributed by atoms with E-state index < -0.39 is 0 Å². The Labute approximate surface area is 49.3 Å². The summed E-state index contributed by atoms with van der Waals surface area (Å²) < 4.78 is 0. The van der Waals surface area contributed by atoms with Crippen LogP contribution < -0.4 is 0 Å². The second kappa shape index (κ2) is 5.87. The van der Waals surface area contributed by atoms with E-state index in [-0.39, 0.29) is 0 Å². The molecule has 38 valence electrons. The van der Waals surface area contributed by atoms with Gasteiger partial charge in [-0.3, -0.25) is 0 Å². The Bertz CT molecular complexity index is 19.5. The minimum atomic E-state index is 0.884. The molecular formula is C4H10SSe. The molecular weight excluding hydrogens is 159 g/mol. The summed E-state index contributed by atoms with van der Waals surface area (Å²) in [4.78, 5) is 0. The first-order chi connectivity index (χ1) is 2.91. The molecule has 0 aliphatic carbocycles. The molecule has 0 heterocycles. The summed E-state index contributed by atoms with van der Waals surface area (Å²) in [6.45, 7) is 2.23. The molecule has 0 unspecified atom stereocenters. The van der Waals surface area contributed by atoms with Gasteiger partial charge >= 0.3 is 48.9 Å². The third-order valence-electron chi connectivity index (χ3n) is 0.405. The van der Waals surface area contributed by atoms with E-state index in [2.05, 4.69) is 13.2 Å². The molecule has 0 fully saturated rings. The van der Waals surface area contributed by atoms with Gasteiger partial charge in [0.25, 0.3) is 0 Å². The zero-order chi connectivity index (χ0) is 4.83. The van der Waals surface area contributed by atoms with Crippen LogP contribution in [0.5, 0.6) is 0 Å². The van der Waals surface area contributed by atoms with Crippen LogP contribution in [0.4, 0.5) is 0 Å². The number of rotatable bonds is 3. The van der Waals surface area contributed by atoms with E-state index in [9.17, 15) is 0 Å². The fraction of sp³-hybridized carbons (Fsp3) is 1.00. The van der Waals surface area contributed by atoms with Crippen molar-refractivity contribution in [1.29, 1.82) is 0 Å². The van der Waals surface area contributed by atoms with Crippen molar-refractivity contribution in [2.24, 2.45) is 0 Å². The molecule has 2 heteroatoms. The van der Waals surface area contributed by atoms with E-state index in [1.807, 2.05) is 10.2 Å². The van der Waals surface area contributed by atoms with Crippen LogP contribution in [0.2, 0.25) is 5.32 Å². The summed E-state index contributed by atoms with van der Waals surface area (Å²) in [6, 6.07) is 0. The van der Waals surface area contributed by atoms with Crippen LogP contribution in [0.25, 0.3) is 0 Å². The zero-order valence-electron chi connectivity index (χ0n) is 4.23. The first-order valence-corrected chi connectivity index (χ1v) is 6.53. The molecule has 0 N–H and O–H groups in total. The summed E-state index contributed by atoms with van der Waals surface area (Å²) in [5.41, 5.74) is 0. The average Bonchev–Trinajstić information content (AvgIpc) is 1.61. The molecule has 0 saturated heterocycles. The maximum absolute atomic E-state index is 2.23. The third-order valence-corrected chi connectivity index (χ3v) is 4.20. The fourth-order valence-corrected chi connectivity index (χ4v) is 2.60. The Kier molecular flexibility index (Phi) is 6.72. The van der Waals surface area contributed by atoms with Crippen LogP contribution in [0.15, 0.2) is 0 Å². The van der Waals surface area contributed by atoms with Crippen molar-refractivity contribution in [3.05, 3.63) is 0 Å². The average molecular weight is 169 g/mol. The van der Waals surface area contributed by atoms with Gasteiger partial charge < -0.3 is 0 Å². The van der Waals surface area contributed by atoms with Crippen LogP contribution in [0.1, 0.15) is 13.3 Å². The molecule has 6 heavy (non-hydrogen) atoms. The van der Waals surface area contributed by atoms with Gasteiger partial charge in [-0.15, -0.1) is 0 Å². The van der Waals surface area contributed by atoms with Gasteiger partial charge in [-0.1, -0.05) is 0 Å². The first kappa shape index (κ1) is 6.87. The third kappa shape index (κ3) is 4.87. The van der Waals surface area contributed by atoms with Gasteiger partial charge in [0.2, 0.25) is 0 Å². The summed E-state index contributed by atoms with van der Waals surface area (Å²) in [6.07, 6.45) is 3.54. The zero-order valence-corrected chi connectivity index (χ0v) is 6.76. The second-order valence-electron chi connectivity index (χ2n) is 0.989. The Hall–Kier alpha value is 0.869. The second-order valence-corrected chi connectivity index (χ2v) is 6.00. The monoisotopic (exact) mass is 170 g/mol. The Morgan fingerprint density at radius 2 is 2.33 bits per heavy atom. The van der Waals surface area contributed by atoms with Crippen molar-refractivity contribution < 1.29 is 0 Å². The van der Waals surface area contributed by atoms with Crippen molar-refractivity contribution in [3.8, 4) is 0 Å². The van der Waals surface area contributed by atoms with Gasteiger partial charge in [-0.25, -0.2) is 0 Å². The van der Waals surface area contributed by atoms with Crippen LogP contribution in [0.3, 0.4) is 0 Å². The summed E-state index contributed by atoms with van der Waals surface area (Å²) >= 11 is 0.884. The molecule has 0 aromatic carbocycles. The van der Waals surface area contributed by atoms with Crippen molar-refractivity contribution in [2.45, 2.75) is 18.7 Å². The fourth-order valence-electron chi connectivity index (χ4n) is 0.167. The van der Waals surface area contributed by atoms with Gasteiger partial charge in [0.1, 0.15) is 0 Å². The SMILES string of the molecule is CCC[Se]SC. The predicted octanol–water partition coefficient (Wildman–Crippen LogP) is 1.80. The van der Waals surface area contributed by atoms with Crippen LogP contribution in [0, 0.1) is 0 Å². The number of hydrogen-bond donors (Lipinski definition) is 0. The van der Waals surface area contributed by atoms with Gasteiger partial charge in [-0.05, 0) is 0 Å². The van der Waals surface area contributed by atoms with Gasteiger partial charge in [0.15, 0.2) is 0 Å². The molecule has 0 nitrogen and oxygen atoms in total. The van der Waals surface area contributed by atoms with Gasteiger partial charge in [0, 0.05) is 0 Å². The van der Waals surface area contributed by atoms with Crippen molar-refractivity contribution >= 4 is 24.0 Å². The molecule has 0 saturated carbocycles. The Morgan fingerprint density at radius 3 is 2.50 bits per heavy atom. The van der Waals surface area contributed by atoms with Gasteiger partial charge in [0.05, 0.1) is 0 Å². The van der Waals surface area contributed by atoms with Crippen LogP contribution >= 0.6 is 10.2 Å². The van der Waals surface area contributed by atoms with E-state index in [0.29, 0.717) is 0 Å². The molecule has 0 aliphatic heterocycles. The first-order valence-electron chi connectivity index (χ1n) is 2.07. The predicted molar refractivity (Wildman–Crippen MR) is 34.4 cm³/mol. The molecule has 0 rings (SSSR count). The molecule has 0 aliphatic rings. The minimum absolute atomic E-state index is 0.884. The standard InChI is InChI=1S/C4H10SSe/c1-3-4-6-5-2/h3-4H2,1-2H3. The summed E-state index contributed by atoms with van der Waals surface area (Å²) in [7, 11) is 1.99. The quantitative estimate of drug-likeness (QED) is 0.458.